The summed E-state index contributed by atoms with van der Waals surface area (Å²) >= 11 is 0. The van der Waals surface area contributed by atoms with Gasteiger partial charge in [0.25, 0.3) is 0 Å². The molecule has 0 bridgehead atoms. The van der Waals surface area contributed by atoms with Gasteiger partial charge in [0.15, 0.2) is 5.88 Å². The Morgan fingerprint density at radius 1 is 1.33 bits per heavy atom. The molecule has 0 atom stereocenters. The second kappa shape index (κ2) is 18.2. The van der Waals surface area contributed by atoms with E-state index in [0.717, 1.165) is 18.5 Å². The van der Waals surface area contributed by atoms with Gasteiger partial charge in [-0.1, -0.05) is 45.6 Å². The molecule has 1 aromatic rings. The van der Waals surface area contributed by atoms with E-state index in [9.17, 15) is 0 Å². The molecular weight excluding hydrogens is 298 g/mol. The summed E-state index contributed by atoms with van der Waals surface area (Å²) in [6.07, 6.45) is 13.4. The van der Waals surface area contributed by atoms with Gasteiger partial charge >= 0.3 is 0 Å². The van der Waals surface area contributed by atoms with Crippen LogP contribution in [0.5, 0.6) is 0 Å². The predicted octanol–water partition coefficient (Wildman–Crippen LogP) is 5.96. The quantitative estimate of drug-likeness (QED) is 0.363. The van der Waals surface area contributed by atoms with Crippen LogP contribution >= 0.6 is 0 Å². The van der Waals surface area contributed by atoms with Crippen LogP contribution in [0, 0.1) is 11.3 Å². The van der Waals surface area contributed by atoms with E-state index in [1.165, 1.54) is 6.92 Å². The summed E-state index contributed by atoms with van der Waals surface area (Å²) in [6, 6.07) is 5.47. The molecule has 1 heterocycles. The Morgan fingerprint density at radius 2 is 2.00 bits per heavy atom. The maximum absolute atomic E-state index is 7.32. The van der Waals surface area contributed by atoms with Crippen molar-refractivity contribution in [2.24, 2.45) is 0 Å². The first-order valence-electron chi connectivity index (χ1n) is 7.99. The van der Waals surface area contributed by atoms with Crippen molar-refractivity contribution in [2.45, 2.75) is 40.5 Å². The lowest BCUT2D eigenvalue weighted by atomic mass is 10.3. The van der Waals surface area contributed by atoms with Crippen molar-refractivity contribution in [1.82, 2.24) is 4.98 Å². The Kier molecular flexibility index (Phi) is 17.8. The topological polar surface area (TPSA) is 57.9 Å². The predicted molar refractivity (Wildman–Crippen MR) is 103 cm³/mol. The van der Waals surface area contributed by atoms with Crippen molar-refractivity contribution < 1.29 is 4.74 Å². The van der Waals surface area contributed by atoms with Crippen LogP contribution in [0.25, 0.3) is 0 Å². The van der Waals surface area contributed by atoms with E-state index in [4.69, 9.17) is 10.00 Å². The average Bonchev–Trinajstić information content (AvgIpc) is 2.58. The fraction of sp³-hybridized carbons (Fsp3) is 0.300. The molecule has 4 heteroatoms. The van der Waals surface area contributed by atoms with Crippen molar-refractivity contribution in [3.8, 4) is 6.07 Å². The minimum absolute atomic E-state index is 0.423. The number of aromatic nitrogens is 1. The molecule has 0 radical (unpaired) electrons. The second-order valence-corrected chi connectivity index (χ2v) is 4.10. The van der Waals surface area contributed by atoms with Crippen molar-refractivity contribution in [1.29, 1.82) is 5.26 Å². The van der Waals surface area contributed by atoms with Gasteiger partial charge in [-0.3, -0.25) is 4.98 Å². The Bertz CT molecular complexity index is 540. The van der Waals surface area contributed by atoms with Crippen LogP contribution in [0.15, 0.2) is 73.6 Å². The first kappa shape index (κ1) is 23.5. The summed E-state index contributed by atoms with van der Waals surface area (Å²) in [4.78, 5) is 3.99. The summed E-state index contributed by atoms with van der Waals surface area (Å²) in [5, 5.41) is 10.3. The fourth-order valence-electron chi connectivity index (χ4n) is 1.36. The minimum atomic E-state index is 0.423. The molecule has 0 saturated carbocycles. The zero-order valence-corrected chi connectivity index (χ0v) is 15.2. The Labute approximate surface area is 146 Å². The zero-order valence-electron chi connectivity index (χ0n) is 15.2. The number of hydrogen-bond donors (Lipinski definition) is 1. The van der Waals surface area contributed by atoms with Crippen LogP contribution in [0.1, 0.15) is 40.5 Å². The standard InChI is InChI=1S/C16H20N2O.C2H3N.C2H6/c1-4-5-6-7-8-10-14(2)19-15(3)18-16-11-9-12-17-13-16;1-2-3;1-2/h5-6,8-13,18H,2-4,7H2,1H3;1H3;1-2H3/b6-5-,10-8-;;. The molecule has 0 fully saturated rings. The van der Waals surface area contributed by atoms with Gasteiger partial charge in [-0.05, 0) is 37.6 Å². The lowest BCUT2D eigenvalue weighted by Gasteiger charge is -2.10. The van der Waals surface area contributed by atoms with E-state index in [1.807, 2.05) is 38.1 Å². The van der Waals surface area contributed by atoms with Crippen LogP contribution < -0.4 is 5.32 Å². The number of nitrogens with zero attached hydrogens (tertiary/aromatic N) is 2. The lowest BCUT2D eigenvalue weighted by Crippen LogP contribution is -2.01. The number of anilines is 1. The normalized spacial score (nSPS) is 9.12. The van der Waals surface area contributed by atoms with Crippen LogP contribution in [-0.4, -0.2) is 4.98 Å². The van der Waals surface area contributed by atoms with Gasteiger partial charge in [0.05, 0.1) is 18.0 Å². The third-order valence-electron chi connectivity index (χ3n) is 2.18. The zero-order chi connectivity index (χ0) is 18.6. The van der Waals surface area contributed by atoms with E-state index in [0.29, 0.717) is 11.6 Å². The van der Waals surface area contributed by atoms with E-state index in [1.54, 1.807) is 18.5 Å². The molecule has 130 valence electrons. The Hall–Kier alpha value is -2.80. The van der Waals surface area contributed by atoms with Gasteiger partial charge in [-0.25, -0.2) is 0 Å². The van der Waals surface area contributed by atoms with Gasteiger partial charge < -0.3 is 10.1 Å². The van der Waals surface area contributed by atoms with E-state index >= 15 is 0 Å². The molecule has 1 rings (SSSR count). The first-order chi connectivity index (χ1) is 11.6. The molecule has 0 amide bonds. The van der Waals surface area contributed by atoms with Crippen molar-refractivity contribution in [3.63, 3.8) is 0 Å². The molecule has 0 aliphatic rings. The number of nitriles is 1. The van der Waals surface area contributed by atoms with Crippen molar-refractivity contribution in [3.05, 3.63) is 73.6 Å². The van der Waals surface area contributed by atoms with Crippen LogP contribution in [0.3, 0.4) is 0 Å². The molecule has 0 spiro atoms. The van der Waals surface area contributed by atoms with Crippen molar-refractivity contribution >= 4 is 5.69 Å². The van der Waals surface area contributed by atoms with E-state index in [2.05, 4.69) is 42.5 Å². The number of rotatable bonds is 8. The summed E-state index contributed by atoms with van der Waals surface area (Å²) in [6.45, 7) is 15.1. The molecule has 4 nitrogen and oxygen atoms in total. The number of ether oxygens (including phenoxy) is 1. The molecule has 1 aromatic heterocycles. The molecule has 0 aromatic carbocycles. The number of nitrogens with one attached hydrogen (secondary N) is 1. The van der Waals surface area contributed by atoms with Crippen LogP contribution in [0.4, 0.5) is 5.69 Å². The first-order valence-corrected chi connectivity index (χ1v) is 7.99. The van der Waals surface area contributed by atoms with Gasteiger partial charge in [0.1, 0.15) is 5.76 Å². The summed E-state index contributed by atoms with van der Waals surface area (Å²) in [5.74, 6) is 0.970. The Morgan fingerprint density at radius 3 is 2.54 bits per heavy atom. The largest absolute Gasteiger partial charge is 0.442 e. The third kappa shape index (κ3) is 15.6. The average molecular weight is 327 g/mol. The highest BCUT2D eigenvalue weighted by atomic mass is 16.5. The summed E-state index contributed by atoms with van der Waals surface area (Å²) < 4.78 is 5.42. The van der Waals surface area contributed by atoms with E-state index in [-0.39, 0.29) is 0 Å². The summed E-state index contributed by atoms with van der Waals surface area (Å²) in [5.41, 5.74) is 0.829. The monoisotopic (exact) mass is 327 g/mol. The molecule has 0 saturated heterocycles. The van der Waals surface area contributed by atoms with Crippen LogP contribution in [0.2, 0.25) is 0 Å². The maximum atomic E-state index is 7.32. The highest BCUT2D eigenvalue weighted by Crippen LogP contribution is 2.10. The molecular formula is C20H29N3O. The molecule has 24 heavy (non-hydrogen) atoms. The van der Waals surface area contributed by atoms with Gasteiger partial charge in [0, 0.05) is 13.1 Å². The highest BCUT2D eigenvalue weighted by Gasteiger charge is 1.97. The number of hydrogen-bond acceptors (Lipinski definition) is 4. The Balaban J connectivity index is 0. The van der Waals surface area contributed by atoms with Gasteiger partial charge in [-0.2, -0.15) is 5.26 Å². The smallest absolute Gasteiger partial charge is 0.190 e. The minimum Gasteiger partial charge on any atom is -0.442 e. The molecule has 0 aliphatic heterocycles. The molecule has 0 aliphatic carbocycles. The SMILES string of the molecule is C=C(/C=C\C/C=C\CC)OC(=C)Nc1cccnc1.CC.CC#N. The highest BCUT2D eigenvalue weighted by molar-refractivity contribution is 5.44. The number of pyridine rings is 1. The lowest BCUT2D eigenvalue weighted by molar-refractivity contribution is 0.330. The van der Waals surface area contributed by atoms with Crippen molar-refractivity contribution in [2.75, 3.05) is 5.32 Å². The van der Waals surface area contributed by atoms with Gasteiger partial charge in [0.2, 0.25) is 0 Å². The third-order valence-corrected chi connectivity index (χ3v) is 2.18. The van der Waals surface area contributed by atoms with Crippen LogP contribution in [-0.2, 0) is 4.74 Å². The summed E-state index contributed by atoms with van der Waals surface area (Å²) in [7, 11) is 0. The maximum Gasteiger partial charge on any atom is 0.190 e. The second-order valence-electron chi connectivity index (χ2n) is 4.10. The fourth-order valence-corrected chi connectivity index (χ4v) is 1.36. The number of allylic oxidation sites excluding steroid dienone is 4. The molecule has 0 unspecified atom stereocenters. The van der Waals surface area contributed by atoms with Gasteiger partial charge in [-0.15, -0.1) is 0 Å². The molecule has 1 N–H and O–H groups in total. The van der Waals surface area contributed by atoms with E-state index < -0.39 is 0 Å².